The number of urea groups is 1. The Balaban J connectivity index is 1.38. The number of hydrogen-bond donors (Lipinski definition) is 0. The van der Waals surface area contributed by atoms with E-state index < -0.39 is 0 Å². The average molecular weight is 434 g/mol. The van der Waals surface area contributed by atoms with Gasteiger partial charge in [-0.3, -0.25) is 4.90 Å². The van der Waals surface area contributed by atoms with Crippen LogP contribution in [0.15, 0.2) is 66.9 Å². The highest BCUT2D eigenvalue weighted by Crippen LogP contribution is 2.45. The summed E-state index contributed by atoms with van der Waals surface area (Å²) in [5, 5.41) is 4.52. The van der Waals surface area contributed by atoms with E-state index in [0.717, 1.165) is 36.6 Å². The molecule has 2 aliphatic rings. The molecule has 0 N–H and O–H groups in total. The monoisotopic (exact) mass is 433 g/mol. The van der Waals surface area contributed by atoms with Gasteiger partial charge in [0.1, 0.15) is 5.82 Å². The van der Waals surface area contributed by atoms with E-state index in [1.54, 1.807) is 31.1 Å². The lowest BCUT2D eigenvalue weighted by atomic mass is 9.89. The summed E-state index contributed by atoms with van der Waals surface area (Å²) in [6.07, 6.45) is 1.84. The molecule has 3 atom stereocenters. The summed E-state index contributed by atoms with van der Waals surface area (Å²) in [6, 6.07) is 18.8. The Labute approximate surface area is 187 Å². The molecule has 0 bridgehead atoms. The topological polar surface area (TPSA) is 44.6 Å². The van der Waals surface area contributed by atoms with Gasteiger partial charge in [0.05, 0.1) is 17.4 Å². The van der Waals surface area contributed by atoms with Crippen LogP contribution in [-0.2, 0) is 6.54 Å². The molecular weight excluding hydrogens is 405 g/mol. The molecule has 2 fully saturated rings. The zero-order valence-electron chi connectivity index (χ0n) is 18.4. The first kappa shape index (κ1) is 20.7. The lowest BCUT2D eigenvalue weighted by molar-refractivity contribution is 0.151. The molecule has 7 heteroatoms. The Kier molecular flexibility index (Phi) is 5.43. The summed E-state index contributed by atoms with van der Waals surface area (Å²) in [6.45, 7) is 3.26. The number of carbonyl (C=O) groups is 1. The maximum absolute atomic E-state index is 14.1. The number of fused-ring (bicyclic) bond motifs is 1. The van der Waals surface area contributed by atoms with Crippen LogP contribution in [-0.4, -0.2) is 64.2 Å². The molecule has 2 saturated heterocycles. The summed E-state index contributed by atoms with van der Waals surface area (Å²) in [5.74, 6) is 0.374. The molecule has 2 amide bonds. The zero-order chi connectivity index (χ0) is 22.2. The fourth-order valence-corrected chi connectivity index (χ4v) is 5.32. The van der Waals surface area contributed by atoms with Crippen molar-refractivity contribution < 1.29 is 9.18 Å². The molecule has 3 aromatic rings. The van der Waals surface area contributed by atoms with Crippen LogP contribution < -0.4 is 0 Å². The minimum absolute atomic E-state index is 0.0117. The zero-order valence-corrected chi connectivity index (χ0v) is 18.4. The van der Waals surface area contributed by atoms with Crippen molar-refractivity contribution >= 4 is 6.03 Å². The summed E-state index contributed by atoms with van der Waals surface area (Å²) >= 11 is 0. The number of para-hydroxylation sites is 1. The maximum Gasteiger partial charge on any atom is 0.320 e. The molecule has 5 rings (SSSR count). The summed E-state index contributed by atoms with van der Waals surface area (Å²) in [7, 11) is 3.55. The van der Waals surface area contributed by atoms with Gasteiger partial charge in [0, 0.05) is 52.4 Å². The van der Waals surface area contributed by atoms with Gasteiger partial charge in [0.2, 0.25) is 0 Å². The predicted molar refractivity (Wildman–Crippen MR) is 121 cm³/mol. The van der Waals surface area contributed by atoms with Gasteiger partial charge in [-0.15, -0.1) is 0 Å². The molecule has 0 aliphatic carbocycles. The van der Waals surface area contributed by atoms with Crippen molar-refractivity contribution in [3.8, 4) is 5.69 Å². The molecule has 1 aromatic heterocycles. The number of carbonyl (C=O) groups excluding carboxylic acids is 1. The lowest BCUT2D eigenvalue weighted by Crippen LogP contribution is -2.41. The third kappa shape index (κ3) is 3.77. The lowest BCUT2D eigenvalue weighted by Gasteiger charge is -2.32. The van der Waals surface area contributed by atoms with Gasteiger partial charge >= 0.3 is 6.03 Å². The van der Waals surface area contributed by atoms with E-state index in [4.69, 9.17) is 0 Å². The van der Waals surface area contributed by atoms with Gasteiger partial charge in [0.15, 0.2) is 0 Å². The smallest absolute Gasteiger partial charge is 0.320 e. The first-order valence-corrected chi connectivity index (χ1v) is 11.1. The van der Waals surface area contributed by atoms with Gasteiger partial charge in [-0.05, 0) is 41.8 Å². The largest absolute Gasteiger partial charge is 0.331 e. The normalized spacial score (nSPS) is 22.8. The van der Waals surface area contributed by atoms with Crippen LogP contribution in [0.2, 0.25) is 0 Å². The van der Waals surface area contributed by atoms with Crippen LogP contribution in [0.1, 0.15) is 17.3 Å². The van der Waals surface area contributed by atoms with Crippen molar-refractivity contribution in [1.29, 1.82) is 0 Å². The number of amides is 2. The second kappa shape index (κ2) is 8.39. The van der Waals surface area contributed by atoms with Crippen molar-refractivity contribution in [2.75, 3.05) is 33.7 Å². The Morgan fingerprint density at radius 1 is 1.06 bits per heavy atom. The van der Waals surface area contributed by atoms with Crippen molar-refractivity contribution in [3.63, 3.8) is 0 Å². The third-order valence-electron chi connectivity index (χ3n) is 6.67. The predicted octanol–water partition coefficient (Wildman–Crippen LogP) is 3.80. The number of halogens is 1. The van der Waals surface area contributed by atoms with Crippen LogP contribution in [0.3, 0.4) is 0 Å². The van der Waals surface area contributed by atoms with E-state index in [0.29, 0.717) is 12.5 Å². The van der Waals surface area contributed by atoms with Gasteiger partial charge in [0.25, 0.3) is 0 Å². The van der Waals surface area contributed by atoms with Crippen LogP contribution in [0, 0.1) is 17.7 Å². The fraction of sp³-hybridized carbons (Fsp3) is 0.360. The van der Waals surface area contributed by atoms with E-state index in [1.165, 1.54) is 6.07 Å². The molecular formula is C25H28FN5O. The molecule has 166 valence electrons. The summed E-state index contributed by atoms with van der Waals surface area (Å²) < 4.78 is 16.0. The van der Waals surface area contributed by atoms with Crippen LogP contribution in [0.25, 0.3) is 5.69 Å². The van der Waals surface area contributed by atoms with Gasteiger partial charge < -0.3 is 9.80 Å². The molecule has 2 aliphatic heterocycles. The minimum atomic E-state index is -0.259. The number of nitrogens with zero attached hydrogens (tertiary/aromatic N) is 5. The van der Waals surface area contributed by atoms with E-state index in [2.05, 4.69) is 28.2 Å². The molecule has 2 aromatic carbocycles. The first-order chi connectivity index (χ1) is 15.5. The molecule has 0 unspecified atom stereocenters. The number of rotatable bonds is 4. The highest BCUT2D eigenvalue weighted by molar-refractivity contribution is 5.75. The fourth-order valence-electron chi connectivity index (χ4n) is 5.32. The Bertz CT molecular complexity index is 1100. The second-order valence-electron chi connectivity index (χ2n) is 9.02. The molecule has 3 heterocycles. The van der Waals surface area contributed by atoms with Gasteiger partial charge in [-0.2, -0.15) is 5.10 Å². The Hall–Kier alpha value is -3.19. The van der Waals surface area contributed by atoms with Crippen LogP contribution in [0.4, 0.5) is 9.18 Å². The van der Waals surface area contributed by atoms with E-state index >= 15 is 0 Å². The van der Waals surface area contributed by atoms with Crippen molar-refractivity contribution in [1.82, 2.24) is 24.5 Å². The molecule has 0 spiro atoms. The standard InChI is InChI=1S/C25H28FN5O/c1-28(2)25(32)30-15-19-14-29(17-23(19)24(30)18-7-6-8-20(26)13-18)16-22-11-12-27-31(22)21-9-4-3-5-10-21/h3-13,19,23-24H,14-17H2,1-2H3/t19-,23-,24+/m1/s1. The number of benzene rings is 2. The van der Waals surface area contributed by atoms with Crippen LogP contribution >= 0.6 is 0 Å². The number of hydrogen-bond acceptors (Lipinski definition) is 3. The SMILES string of the molecule is CN(C)C(=O)N1C[C@H]2CN(Cc3ccnn3-c3ccccc3)C[C@H]2[C@@H]1c1cccc(F)c1. The molecule has 6 nitrogen and oxygen atoms in total. The van der Waals surface area contributed by atoms with Crippen LogP contribution in [0.5, 0.6) is 0 Å². The Morgan fingerprint density at radius 2 is 1.88 bits per heavy atom. The highest BCUT2D eigenvalue weighted by Gasteiger charge is 2.49. The molecule has 32 heavy (non-hydrogen) atoms. The molecule has 0 radical (unpaired) electrons. The second-order valence-corrected chi connectivity index (χ2v) is 9.02. The van der Waals surface area contributed by atoms with Crippen molar-refractivity contribution in [2.45, 2.75) is 12.6 Å². The highest BCUT2D eigenvalue weighted by atomic mass is 19.1. The van der Waals surface area contributed by atoms with E-state index in [9.17, 15) is 9.18 Å². The average Bonchev–Trinajstić information content (AvgIpc) is 3.48. The molecule has 0 saturated carbocycles. The van der Waals surface area contributed by atoms with E-state index in [1.807, 2.05) is 40.0 Å². The summed E-state index contributed by atoms with van der Waals surface area (Å²) in [5.41, 5.74) is 3.07. The maximum atomic E-state index is 14.1. The Morgan fingerprint density at radius 3 is 2.62 bits per heavy atom. The quantitative estimate of drug-likeness (QED) is 0.629. The van der Waals surface area contributed by atoms with Gasteiger partial charge in [-0.1, -0.05) is 30.3 Å². The summed E-state index contributed by atoms with van der Waals surface area (Å²) in [4.78, 5) is 18.9. The number of aromatic nitrogens is 2. The third-order valence-corrected chi connectivity index (χ3v) is 6.67. The van der Waals surface area contributed by atoms with Crippen molar-refractivity contribution in [2.24, 2.45) is 11.8 Å². The number of likely N-dealkylation sites (tertiary alicyclic amines) is 2. The van der Waals surface area contributed by atoms with Crippen molar-refractivity contribution in [3.05, 3.63) is 83.9 Å². The van der Waals surface area contributed by atoms with Gasteiger partial charge in [-0.25, -0.2) is 13.9 Å². The van der Waals surface area contributed by atoms with E-state index in [-0.39, 0.29) is 23.8 Å². The first-order valence-electron chi connectivity index (χ1n) is 11.1. The minimum Gasteiger partial charge on any atom is -0.331 e.